The Hall–Kier alpha value is -3.19. The topological polar surface area (TPSA) is 89.3 Å². The summed E-state index contributed by atoms with van der Waals surface area (Å²) in [7, 11) is 0. The molecule has 7 heteroatoms. The molecule has 1 saturated heterocycles. The molecule has 3 aromatic rings. The van der Waals surface area contributed by atoms with Crippen molar-refractivity contribution < 1.29 is 14.1 Å². The van der Waals surface area contributed by atoms with Crippen LogP contribution in [0.25, 0.3) is 11.4 Å². The summed E-state index contributed by atoms with van der Waals surface area (Å²) in [4.78, 5) is 16.4. The van der Waals surface area contributed by atoms with E-state index in [9.17, 15) is 4.79 Å². The van der Waals surface area contributed by atoms with E-state index < -0.39 is 0 Å². The summed E-state index contributed by atoms with van der Waals surface area (Å²) in [5, 5.41) is 10.1. The van der Waals surface area contributed by atoms with Gasteiger partial charge in [0.15, 0.2) is 0 Å². The summed E-state index contributed by atoms with van der Waals surface area (Å²) in [6.45, 7) is 1.90. The zero-order valence-corrected chi connectivity index (χ0v) is 16.1. The van der Waals surface area contributed by atoms with E-state index in [0.717, 1.165) is 36.3 Å². The molecule has 0 aliphatic carbocycles. The number of amides is 1. The SMILES string of the molecule is O=C(NCCc1nc(-c2ccc(OCc3ccccc3)cc2)no1)C1CCCN1. The minimum Gasteiger partial charge on any atom is -0.489 e. The maximum absolute atomic E-state index is 12.0. The van der Waals surface area contributed by atoms with Crippen LogP contribution in [0.2, 0.25) is 0 Å². The highest BCUT2D eigenvalue weighted by Crippen LogP contribution is 2.21. The number of aromatic nitrogens is 2. The monoisotopic (exact) mass is 392 g/mol. The minimum absolute atomic E-state index is 0.0355. The number of carbonyl (C=O) groups excluding carboxylic acids is 1. The fraction of sp³-hybridized carbons (Fsp3) is 0.318. The molecule has 1 amide bonds. The van der Waals surface area contributed by atoms with Crippen LogP contribution in [0.15, 0.2) is 59.1 Å². The molecule has 0 bridgehead atoms. The lowest BCUT2D eigenvalue weighted by molar-refractivity contribution is -0.122. The lowest BCUT2D eigenvalue weighted by Crippen LogP contribution is -2.41. The lowest BCUT2D eigenvalue weighted by Gasteiger charge is -2.09. The molecule has 150 valence electrons. The number of nitrogens with one attached hydrogen (secondary N) is 2. The van der Waals surface area contributed by atoms with Gasteiger partial charge in [0.2, 0.25) is 17.6 Å². The average molecular weight is 392 g/mol. The van der Waals surface area contributed by atoms with Gasteiger partial charge in [-0.15, -0.1) is 0 Å². The number of hydrogen-bond acceptors (Lipinski definition) is 6. The second-order valence-electron chi connectivity index (χ2n) is 7.00. The Labute approximate surface area is 169 Å². The van der Waals surface area contributed by atoms with Crippen LogP contribution in [0.5, 0.6) is 5.75 Å². The highest BCUT2D eigenvalue weighted by Gasteiger charge is 2.21. The van der Waals surface area contributed by atoms with E-state index in [1.54, 1.807) is 0 Å². The van der Waals surface area contributed by atoms with Gasteiger partial charge in [-0.05, 0) is 49.2 Å². The van der Waals surface area contributed by atoms with Crippen LogP contribution in [0.4, 0.5) is 0 Å². The molecule has 7 nitrogen and oxygen atoms in total. The first-order valence-corrected chi connectivity index (χ1v) is 9.89. The predicted molar refractivity (Wildman–Crippen MR) is 108 cm³/mol. The molecule has 0 radical (unpaired) electrons. The molecule has 1 atom stereocenters. The number of rotatable bonds is 8. The molecule has 4 rings (SSSR count). The van der Waals surface area contributed by atoms with Crippen LogP contribution < -0.4 is 15.4 Å². The highest BCUT2D eigenvalue weighted by atomic mass is 16.5. The molecule has 1 aliphatic heterocycles. The van der Waals surface area contributed by atoms with Gasteiger partial charge in [-0.25, -0.2) is 0 Å². The second-order valence-corrected chi connectivity index (χ2v) is 7.00. The average Bonchev–Trinajstić information content (AvgIpc) is 3.46. The summed E-state index contributed by atoms with van der Waals surface area (Å²) in [6.07, 6.45) is 2.44. The molecule has 2 aromatic carbocycles. The Bertz CT molecular complexity index is 919. The summed E-state index contributed by atoms with van der Waals surface area (Å²) < 4.78 is 11.1. The molecule has 29 heavy (non-hydrogen) atoms. The van der Waals surface area contributed by atoms with Crippen molar-refractivity contribution in [1.29, 1.82) is 0 Å². The molecule has 2 heterocycles. The molecule has 1 aliphatic rings. The van der Waals surface area contributed by atoms with E-state index in [2.05, 4.69) is 20.8 Å². The first-order chi connectivity index (χ1) is 14.3. The van der Waals surface area contributed by atoms with Gasteiger partial charge in [0.1, 0.15) is 12.4 Å². The molecule has 1 unspecified atom stereocenters. The third-order valence-electron chi connectivity index (χ3n) is 4.84. The van der Waals surface area contributed by atoms with Crippen molar-refractivity contribution in [1.82, 2.24) is 20.8 Å². The smallest absolute Gasteiger partial charge is 0.237 e. The van der Waals surface area contributed by atoms with Crippen molar-refractivity contribution >= 4 is 5.91 Å². The maximum atomic E-state index is 12.0. The van der Waals surface area contributed by atoms with Crippen LogP contribution in [0.3, 0.4) is 0 Å². The number of benzene rings is 2. The third-order valence-corrected chi connectivity index (χ3v) is 4.84. The normalized spacial score (nSPS) is 15.9. The fourth-order valence-electron chi connectivity index (χ4n) is 3.24. The second kappa shape index (κ2) is 9.34. The largest absolute Gasteiger partial charge is 0.489 e. The lowest BCUT2D eigenvalue weighted by atomic mass is 10.2. The molecule has 0 saturated carbocycles. The molecule has 2 N–H and O–H groups in total. The van der Waals surface area contributed by atoms with Gasteiger partial charge < -0.3 is 19.9 Å². The van der Waals surface area contributed by atoms with Gasteiger partial charge in [0, 0.05) is 18.5 Å². The van der Waals surface area contributed by atoms with E-state index >= 15 is 0 Å². The Kier molecular flexibility index (Phi) is 6.16. The van der Waals surface area contributed by atoms with E-state index in [1.165, 1.54) is 0 Å². The van der Waals surface area contributed by atoms with Gasteiger partial charge in [-0.2, -0.15) is 4.98 Å². The van der Waals surface area contributed by atoms with E-state index in [4.69, 9.17) is 9.26 Å². The van der Waals surface area contributed by atoms with Crippen molar-refractivity contribution in [2.45, 2.75) is 31.9 Å². The Morgan fingerprint density at radius 1 is 1.17 bits per heavy atom. The zero-order chi connectivity index (χ0) is 19.9. The summed E-state index contributed by atoms with van der Waals surface area (Å²) in [5.74, 6) is 1.85. The van der Waals surface area contributed by atoms with Crippen LogP contribution >= 0.6 is 0 Å². The number of ether oxygens (including phenoxy) is 1. The van der Waals surface area contributed by atoms with E-state index in [-0.39, 0.29) is 11.9 Å². The van der Waals surface area contributed by atoms with Crippen molar-refractivity contribution in [2.24, 2.45) is 0 Å². The highest BCUT2D eigenvalue weighted by molar-refractivity contribution is 5.81. The van der Waals surface area contributed by atoms with Gasteiger partial charge in [-0.1, -0.05) is 35.5 Å². The molecule has 1 aromatic heterocycles. The fourth-order valence-corrected chi connectivity index (χ4v) is 3.24. The predicted octanol–water partition coefficient (Wildman–Crippen LogP) is 2.73. The van der Waals surface area contributed by atoms with E-state index in [0.29, 0.717) is 31.3 Å². The molecule has 1 fully saturated rings. The van der Waals surface area contributed by atoms with Crippen LogP contribution in [0, 0.1) is 0 Å². The molecule has 0 spiro atoms. The van der Waals surface area contributed by atoms with Crippen molar-refractivity contribution in [3.8, 4) is 17.1 Å². The van der Waals surface area contributed by atoms with Gasteiger partial charge in [0.05, 0.1) is 6.04 Å². The summed E-state index contributed by atoms with van der Waals surface area (Å²) in [5.41, 5.74) is 1.97. The van der Waals surface area contributed by atoms with Crippen molar-refractivity contribution in [3.63, 3.8) is 0 Å². The molecular formula is C22H24N4O3. The van der Waals surface area contributed by atoms with Gasteiger partial charge >= 0.3 is 0 Å². The Balaban J connectivity index is 1.26. The van der Waals surface area contributed by atoms with Crippen molar-refractivity contribution in [2.75, 3.05) is 13.1 Å². The summed E-state index contributed by atoms with van der Waals surface area (Å²) in [6, 6.07) is 17.6. The Morgan fingerprint density at radius 2 is 2.00 bits per heavy atom. The first-order valence-electron chi connectivity index (χ1n) is 9.89. The number of nitrogens with zero attached hydrogens (tertiary/aromatic N) is 2. The van der Waals surface area contributed by atoms with Crippen LogP contribution in [-0.4, -0.2) is 35.2 Å². The third kappa shape index (κ3) is 5.20. The van der Waals surface area contributed by atoms with Crippen LogP contribution in [0.1, 0.15) is 24.3 Å². The quantitative estimate of drug-likeness (QED) is 0.613. The Morgan fingerprint density at radius 3 is 2.76 bits per heavy atom. The number of hydrogen-bond donors (Lipinski definition) is 2. The number of carbonyl (C=O) groups is 1. The van der Waals surface area contributed by atoms with Gasteiger partial charge in [0.25, 0.3) is 0 Å². The van der Waals surface area contributed by atoms with Gasteiger partial charge in [-0.3, -0.25) is 4.79 Å². The summed E-state index contributed by atoms with van der Waals surface area (Å²) >= 11 is 0. The van der Waals surface area contributed by atoms with E-state index in [1.807, 2.05) is 54.6 Å². The minimum atomic E-state index is -0.0733. The maximum Gasteiger partial charge on any atom is 0.237 e. The standard InChI is InChI=1S/C22H24N4O3/c27-22(19-7-4-13-23-19)24-14-12-20-25-21(26-29-20)17-8-10-18(11-9-17)28-15-16-5-2-1-3-6-16/h1-3,5-6,8-11,19,23H,4,7,12-15H2,(H,24,27). The zero-order valence-electron chi connectivity index (χ0n) is 16.1. The molecular weight excluding hydrogens is 368 g/mol. The van der Waals surface area contributed by atoms with Crippen LogP contribution in [-0.2, 0) is 17.8 Å². The van der Waals surface area contributed by atoms with Crippen molar-refractivity contribution in [3.05, 3.63) is 66.1 Å². The first kappa shape index (κ1) is 19.1.